The summed E-state index contributed by atoms with van der Waals surface area (Å²) < 4.78 is 5.55. The van der Waals surface area contributed by atoms with Gasteiger partial charge >= 0.3 is 0 Å². The van der Waals surface area contributed by atoms with Gasteiger partial charge in [0.2, 0.25) is 5.89 Å². The zero-order valence-electron chi connectivity index (χ0n) is 10.0. The zero-order valence-corrected chi connectivity index (χ0v) is 10.0. The number of oxazole rings is 1. The highest BCUT2D eigenvalue weighted by Gasteiger charge is 2.12. The Balaban J connectivity index is 2.13. The van der Waals surface area contributed by atoms with Gasteiger partial charge in [0.05, 0.1) is 4.92 Å². The van der Waals surface area contributed by atoms with Gasteiger partial charge in [-0.25, -0.2) is 4.98 Å². The summed E-state index contributed by atoms with van der Waals surface area (Å²) in [6.07, 6.45) is 0. The molecule has 0 saturated heterocycles. The van der Waals surface area contributed by atoms with Crippen molar-refractivity contribution in [1.29, 1.82) is 0 Å². The molecule has 3 aromatic rings. The molecule has 0 radical (unpaired) electrons. The molecule has 1 aromatic carbocycles. The Kier molecular flexibility index (Phi) is 2.49. The van der Waals surface area contributed by atoms with E-state index in [1.54, 1.807) is 18.2 Å². The molecule has 94 valence electrons. The molecular formula is C13H9N3O3. The van der Waals surface area contributed by atoms with Crippen LogP contribution in [-0.4, -0.2) is 14.9 Å². The van der Waals surface area contributed by atoms with E-state index in [1.807, 2.05) is 13.0 Å². The van der Waals surface area contributed by atoms with E-state index in [2.05, 4.69) is 9.97 Å². The van der Waals surface area contributed by atoms with E-state index in [9.17, 15) is 10.1 Å². The predicted octanol–water partition coefficient (Wildman–Crippen LogP) is 3.11. The van der Waals surface area contributed by atoms with E-state index >= 15 is 0 Å². The molecule has 0 atom stereocenters. The Labute approximate surface area is 107 Å². The Bertz CT molecular complexity index is 780. The fourth-order valence-electron chi connectivity index (χ4n) is 1.79. The van der Waals surface area contributed by atoms with Crippen LogP contribution in [0.3, 0.4) is 0 Å². The summed E-state index contributed by atoms with van der Waals surface area (Å²) >= 11 is 0. The molecular weight excluding hydrogens is 246 g/mol. The normalized spacial score (nSPS) is 10.8. The number of nitro benzene ring substituents is 1. The van der Waals surface area contributed by atoms with E-state index in [0.717, 1.165) is 5.69 Å². The van der Waals surface area contributed by atoms with Crippen molar-refractivity contribution in [3.63, 3.8) is 0 Å². The van der Waals surface area contributed by atoms with Crippen molar-refractivity contribution in [2.24, 2.45) is 0 Å². The van der Waals surface area contributed by atoms with Crippen LogP contribution in [0.5, 0.6) is 0 Å². The molecule has 0 unspecified atom stereocenters. The summed E-state index contributed by atoms with van der Waals surface area (Å²) in [6.45, 7) is 1.86. The number of aromatic nitrogens is 2. The largest absolute Gasteiger partial charge is 0.434 e. The number of non-ortho nitro benzene ring substituents is 1. The second kappa shape index (κ2) is 4.16. The molecule has 19 heavy (non-hydrogen) atoms. The van der Waals surface area contributed by atoms with E-state index in [0.29, 0.717) is 22.7 Å². The minimum atomic E-state index is -0.450. The van der Waals surface area contributed by atoms with Crippen molar-refractivity contribution in [2.75, 3.05) is 0 Å². The highest BCUT2D eigenvalue weighted by molar-refractivity contribution is 5.72. The molecule has 0 N–H and O–H groups in total. The first-order valence-corrected chi connectivity index (χ1v) is 5.62. The molecule has 0 spiro atoms. The van der Waals surface area contributed by atoms with Crippen LogP contribution in [0.1, 0.15) is 5.69 Å². The van der Waals surface area contributed by atoms with Crippen molar-refractivity contribution in [1.82, 2.24) is 9.97 Å². The second-order valence-electron chi connectivity index (χ2n) is 4.10. The number of hydrogen-bond donors (Lipinski definition) is 0. The maximum atomic E-state index is 10.7. The Morgan fingerprint density at radius 3 is 2.84 bits per heavy atom. The van der Waals surface area contributed by atoms with Gasteiger partial charge in [0.25, 0.3) is 5.69 Å². The molecule has 0 bridgehead atoms. The van der Waals surface area contributed by atoms with Crippen LogP contribution in [0.2, 0.25) is 0 Å². The molecule has 0 aliphatic heterocycles. The smallest absolute Gasteiger partial charge is 0.270 e. The highest BCUT2D eigenvalue weighted by atomic mass is 16.6. The van der Waals surface area contributed by atoms with E-state index in [4.69, 9.17) is 4.42 Å². The third kappa shape index (κ3) is 2.03. The second-order valence-corrected chi connectivity index (χ2v) is 4.10. The number of nitro groups is 1. The topological polar surface area (TPSA) is 82.1 Å². The average molecular weight is 255 g/mol. The van der Waals surface area contributed by atoms with Crippen molar-refractivity contribution in [3.8, 4) is 11.5 Å². The standard InChI is InChI=1S/C13H9N3O3/c1-8-5-6-11-12(14-8)15-13(19-11)9-3-2-4-10(7-9)16(17)18/h2-7H,1H3. The SMILES string of the molecule is Cc1ccc2oc(-c3cccc([N+](=O)[O-])c3)nc2n1. The van der Waals surface area contributed by atoms with Gasteiger partial charge in [-0.05, 0) is 25.1 Å². The van der Waals surface area contributed by atoms with E-state index in [1.165, 1.54) is 12.1 Å². The molecule has 0 amide bonds. The summed E-state index contributed by atoms with van der Waals surface area (Å²) in [4.78, 5) is 18.8. The van der Waals surface area contributed by atoms with Crippen LogP contribution in [0, 0.1) is 17.0 Å². The van der Waals surface area contributed by atoms with Crippen LogP contribution < -0.4 is 0 Å². The minimum Gasteiger partial charge on any atom is -0.434 e. The molecule has 0 fully saturated rings. The van der Waals surface area contributed by atoms with Crippen LogP contribution in [0.4, 0.5) is 5.69 Å². The molecule has 2 aromatic heterocycles. The Morgan fingerprint density at radius 1 is 1.21 bits per heavy atom. The van der Waals surface area contributed by atoms with Gasteiger partial charge < -0.3 is 4.42 Å². The van der Waals surface area contributed by atoms with Crippen LogP contribution in [0.25, 0.3) is 22.7 Å². The molecule has 3 rings (SSSR count). The van der Waals surface area contributed by atoms with Gasteiger partial charge in [-0.15, -0.1) is 0 Å². The lowest BCUT2D eigenvalue weighted by molar-refractivity contribution is -0.384. The Hall–Kier alpha value is -2.76. The fraction of sp³-hybridized carbons (Fsp3) is 0.0769. The lowest BCUT2D eigenvalue weighted by Crippen LogP contribution is -1.88. The average Bonchev–Trinajstić information content (AvgIpc) is 2.81. The van der Waals surface area contributed by atoms with Gasteiger partial charge in [0, 0.05) is 23.4 Å². The first-order valence-electron chi connectivity index (χ1n) is 5.62. The monoisotopic (exact) mass is 255 g/mol. The quantitative estimate of drug-likeness (QED) is 0.519. The van der Waals surface area contributed by atoms with Gasteiger partial charge in [-0.1, -0.05) is 6.07 Å². The molecule has 6 nitrogen and oxygen atoms in total. The Morgan fingerprint density at radius 2 is 2.05 bits per heavy atom. The number of fused-ring (bicyclic) bond motifs is 1. The van der Waals surface area contributed by atoms with Crippen LogP contribution >= 0.6 is 0 Å². The van der Waals surface area contributed by atoms with Gasteiger partial charge in [-0.2, -0.15) is 4.98 Å². The fourth-order valence-corrected chi connectivity index (χ4v) is 1.79. The molecule has 0 aliphatic carbocycles. The van der Waals surface area contributed by atoms with Gasteiger partial charge in [0.1, 0.15) is 0 Å². The number of aryl methyl sites for hydroxylation is 1. The number of nitrogens with zero attached hydrogens (tertiary/aromatic N) is 3. The zero-order chi connectivity index (χ0) is 13.4. The summed E-state index contributed by atoms with van der Waals surface area (Å²) in [5, 5.41) is 10.7. The number of pyridine rings is 1. The first kappa shape index (κ1) is 11.3. The van der Waals surface area contributed by atoms with E-state index in [-0.39, 0.29) is 5.69 Å². The molecule has 6 heteroatoms. The molecule has 0 saturated carbocycles. The lowest BCUT2D eigenvalue weighted by atomic mass is 10.2. The highest BCUT2D eigenvalue weighted by Crippen LogP contribution is 2.26. The van der Waals surface area contributed by atoms with Crippen LogP contribution in [-0.2, 0) is 0 Å². The summed E-state index contributed by atoms with van der Waals surface area (Å²) in [5.74, 6) is 0.330. The van der Waals surface area contributed by atoms with Crippen molar-refractivity contribution in [2.45, 2.75) is 6.92 Å². The number of rotatable bonds is 2. The minimum absolute atomic E-state index is 0.00361. The summed E-state index contributed by atoms with van der Waals surface area (Å²) in [6, 6.07) is 9.77. The summed E-state index contributed by atoms with van der Waals surface area (Å²) in [7, 11) is 0. The molecule has 2 heterocycles. The van der Waals surface area contributed by atoms with E-state index < -0.39 is 4.92 Å². The molecule has 0 aliphatic rings. The van der Waals surface area contributed by atoms with Gasteiger partial charge in [0.15, 0.2) is 11.2 Å². The third-order valence-corrected chi connectivity index (χ3v) is 2.70. The third-order valence-electron chi connectivity index (χ3n) is 2.70. The number of benzene rings is 1. The maximum Gasteiger partial charge on any atom is 0.270 e. The van der Waals surface area contributed by atoms with Gasteiger partial charge in [-0.3, -0.25) is 10.1 Å². The first-order chi connectivity index (χ1) is 9.13. The maximum absolute atomic E-state index is 10.7. The van der Waals surface area contributed by atoms with Crippen molar-refractivity contribution >= 4 is 16.9 Å². The van der Waals surface area contributed by atoms with Crippen molar-refractivity contribution < 1.29 is 9.34 Å². The predicted molar refractivity (Wildman–Crippen MR) is 68.6 cm³/mol. The van der Waals surface area contributed by atoms with Crippen molar-refractivity contribution in [3.05, 3.63) is 52.2 Å². The summed E-state index contributed by atoms with van der Waals surface area (Å²) in [5.41, 5.74) is 2.47. The van der Waals surface area contributed by atoms with Crippen LogP contribution in [0.15, 0.2) is 40.8 Å². The number of hydrogen-bond acceptors (Lipinski definition) is 5. The lowest BCUT2D eigenvalue weighted by Gasteiger charge is -1.94.